The molecule has 0 aliphatic rings. The molecule has 130 valence electrons. The molecule has 0 saturated carbocycles. The predicted molar refractivity (Wildman–Crippen MR) is 93.2 cm³/mol. The molecule has 0 fully saturated rings. The summed E-state index contributed by atoms with van der Waals surface area (Å²) in [5.74, 6) is -0.238. The second kappa shape index (κ2) is 7.67. The molecule has 0 saturated heterocycles. The van der Waals surface area contributed by atoms with Crippen molar-refractivity contribution in [1.29, 1.82) is 5.26 Å². The number of carbonyl (C=O) groups is 1. The quantitative estimate of drug-likeness (QED) is 0.816. The van der Waals surface area contributed by atoms with Gasteiger partial charge in [0.1, 0.15) is 17.4 Å². The van der Waals surface area contributed by atoms with Crippen molar-refractivity contribution in [2.45, 2.75) is 33.2 Å². The molecule has 0 spiro atoms. The van der Waals surface area contributed by atoms with Crippen molar-refractivity contribution in [1.82, 2.24) is 4.57 Å². The summed E-state index contributed by atoms with van der Waals surface area (Å²) < 4.78 is 6.17. The maximum atomic E-state index is 12.9. The predicted octanol–water partition coefficient (Wildman–Crippen LogP) is 2.77. The van der Waals surface area contributed by atoms with Gasteiger partial charge in [0.05, 0.1) is 12.7 Å². The highest BCUT2D eigenvalue weighted by atomic mass is 16.5. The average molecular weight is 340 g/mol. The molecule has 0 atom stereocenters. The van der Waals surface area contributed by atoms with Crippen LogP contribution in [0.5, 0.6) is 11.6 Å². The number of ketones is 1. The number of aromatic hydroxyl groups is 1. The molecule has 0 bridgehead atoms. The highest BCUT2D eigenvalue weighted by Gasteiger charge is 2.24. The van der Waals surface area contributed by atoms with Gasteiger partial charge in [-0.25, -0.2) is 0 Å². The Kier molecular flexibility index (Phi) is 5.60. The van der Waals surface area contributed by atoms with Crippen LogP contribution in [0.1, 0.15) is 46.8 Å². The fourth-order valence-electron chi connectivity index (χ4n) is 2.63. The van der Waals surface area contributed by atoms with Gasteiger partial charge in [-0.3, -0.25) is 14.2 Å². The number of nitrogens with zero attached hydrogens (tertiary/aromatic N) is 2. The van der Waals surface area contributed by atoms with Crippen molar-refractivity contribution in [3.63, 3.8) is 0 Å². The summed E-state index contributed by atoms with van der Waals surface area (Å²) in [5.41, 5.74) is -0.178. The molecule has 1 aromatic carbocycles. The maximum Gasteiger partial charge on any atom is 0.271 e. The normalized spacial score (nSPS) is 10.3. The van der Waals surface area contributed by atoms with Crippen molar-refractivity contribution in [3.05, 3.63) is 56.9 Å². The fraction of sp³-hybridized carbons (Fsp3) is 0.316. The van der Waals surface area contributed by atoms with Crippen LogP contribution in [0.25, 0.3) is 0 Å². The summed E-state index contributed by atoms with van der Waals surface area (Å²) in [5, 5.41) is 19.8. The van der Waals surface area contributed by atoms with E-state index >= 15 is 0 Å². The molecule has 1 heterocycles. The zero-order valence-corrected chi connectivity index (χ0v) is 14.5. The monoisotopic (exact) mass is 340 g/mol. The Labute approximate surface area is 145 Å². The Morgan fingerprint density at radius 3 is 2.48 bits per heavy atom. The molecule has 2 rings (SSSR count). The van der Waals surface area contributed by atoms with Crippen molar-refractivity contribution < 1.29 is 14.6 Å². The lowest BCUT2D eigenvalue weighted by molar-refractivity contribution is 0.103. The smallest absolute Gasteiger partial charge is 0.271 e. The van der Waals surface area contributed by atoms with Crippen LogP contribution in [0, 0.1) is 18.3 Å². The van der Waals surface area contributed by atoms with E-state index in [1.807, 2.05) is 13.0 Å². The minimum Gasteiger partial charge on any atom is -0.497 e. The van der Waals surface area contributed by atoms with Crippen molar-refractivity contribution in [3.8, 4) is 17.7 Å². The summed E-state index contributed by atoms with van der Waals surface area (Å²) >= 11 is 0. The molecule has 0 radical (unpaired) electrons. The van der Waals surface area contributed by atoms with E-state index in [1.54, 1.807) is 24.3 Å². The maximum absolute atomic E-state index is 12.9. The van der Waals surface area contributed by atoms with Crippen LogP contribution in [0.4, 0.5) is 0 Å². The fourth-order valence-corrected chi connectivity index (χ4v) is 2.63. The van der Waals surface area contributed by atoms with Crippen LogP contribution in [0.15, 0.2) is 29.1 Å². The van der Waals surface area contributed by atoms with E-state index in [2.05, 4.69) is 0 Å². The largest absolute Gasteiger partial charge is 0.497 e. The number of benzene rings is 1. The zero-order valence-electron chi connectivity index (χ0n) is 14.5. The van der Waals surface area contributed by atoms with Gasteiger partial charge in [0.15, 0.2) is 5.78 Å². The molecule has 2 aromatic rings. The second-order valence-corrected chi connectivity index (χ2v) is 5.68. The first-order valence-corrected chi connectivity index (χ1v) is 8.01. The van der Waals surface area contributed by atoms with Gasteiger partial charge in [0.25, 0.3) is 5.56 Å². The molecule has 1 N–H and O–H groups in total. The van der Waals surface area contributed by atoms with E-state index in [4.69, 9.17) is 4.74 Å². The van der Waals surface area contributed by atoms with Gasteiger partial charge >= 0.3 is 0 Å². The van der Waals surface area contributed by atoms with Crippen LogP contribution in [-0.4, -0.2) is 22.6 Å². The third-order valence-electron chi connectivity index (χ3n) is 4.11. The average Bonchev–Trinajstić information content (AvgIpc) is 2.62. The van der Waals surface area contributed by atoms with Gasteiger partial charge in [-0.05, 0) is 43.2 Å². The molecule has 0 aliphatic heterocycles. The number of methoxy groups -OCH3 is 1. The summed E-state index contributed by atoms with van der Waals surface area (Å²) in [7, 11) is 1.52. The number of hydrogen-bond acceptors (Lipinski definition) is 5. The van der Waals surface area contributed by atoms with Crippen LogP contribution in [0.2, 0.25) is 0 Å². The van der Waals surface area contributed by atoms with Crippen molar-refractivity contribution in [2.75, 3.05) is 7.11 Å². The van der Waals surface area contributed by atoms with Gasteiger partial charge in [-0.1, -0.05) is 13.3 Å². The molecule has 25 heavy (non-hydrogen) atoms. The van der Waals surface area contributed by atoms with Gasteiger partial charge in [-0.15, -0.1) is 0 Å². The lowest BCUT2D eigenvalue weighted by Crippen LogP contribution is -2.26. The third kappa shape index (κ3) is 3.41. The molecule has 1 aromatic heterocycles. The van der Waals surface area contributed by atoms with Gasteiger partial charge in [0.2, 0.25) is 5.88 Å². The standard InChI is InChI=1S/C19H20N2O4/c1-4-5-10-21-18(23)15(11-20)12(2)16(19(21)24)17(22)13-6-8-14(25-3)9-7-13/h6-9,24H,4-5,10H2,1-3H3. The lowest BCUT2D eigenvalue weighted by Gasteiger charge is -2.15. The van der Waals surface area contributed by atoms with Crippen LogP contribution in [-0.2, 0) is 6.54 Å². The Balaban J connectivity index is 2.64. The first-order valence-electron chi connectivity index (χ1n) is 8.01. The SMILES string of the molecule is CCCCn1c(O)c(C(=O)c2ccc(OC)cc2)c(C)c(C#N)c1=O. The van der Waals surface area contributed by atoms with Crippen LogP contribution >= 0.6 is 0 Å². The topological polar surface area (TPSA) is 92.3 Å². The lowest BCUT2D eigenvalue weighted by atomic mass is 9.97. The first-order chi connectivity index (χ1) is 12.0. The number of pyridine rings is 1. The van der Waals surface area contributed by atoms with E-state index in [1.165, 1.54) is 14.0 Å². The zero-order chi connectivity index (χ0) is 18.6. The van der Waals surface area contributed by atoms with Gasteiger partial charge in [0, 0.05) is 12.1 Å². The Bertz CT molecular complexity index is 890. The Morgan fingerprint density at radius 2 is 1.96 bits per heavy atom. The highest BCUT2D eigenvalue weighted by molar-refractivity contribution is 6.11. The molecule has 6 nitrogen and oxygen atoms in total. The Morgan fingerprint density at radius 1 is 1.32 bits per heavy atom. The number of nitriles is 1. The van der Waals surface area contributed by atoms with Crippen LogP contribution in [0.3, 0.4) is 0 Å². The molecular formula is C19H20N2O4. The van der Waals surface area contributed by atoms with Crippen molar-refractivity contribution >= 4 is 5.78 Å². The molecule has 0 amide bonds. The van der Waals surface area contributed by atoms with E-state index in [0.717, 1.165) is 11.0 Å². The number of carbonyl (C=O) groups excluding carboxylic acids is 1. The number of ether oxygens (including phenoxy) is 1. The number of unbranched alkanes of at least 4 members (excludes halogenated alkanes) is 1. The minimum absolute atomic E-state index is 0.0163. The van der Waals surface area contributed by atoms with Crippen molar-refractivity contribution in [2.24, 2.45) is 0 Å². The summed E-state index contributed by atoms with van der Waals surface area (Å²) in [6.45, 7) is 3.70. The Hall–Kier alpha value is -3.07. The summed E-state index contributed by atoms with van der Waals surface area (Å²) in [6.07, 6.45) is 1.46. The minimum atomic E-state index is -0.572. The second-order valence-electron chi connectivity index (χ2n) is 5.68. The summed E-state index contributed by atoms with van der Waals surface area (Å²) in [4.78, 5) is 25.3. The number of hydrogen-bond donors (Lipinski definition) is 1. The summed E-state index contributed by atoms with van der Waals surface area (Å²) in [6, 6.07) is 8.28. The highest BCUT2D eigenvalue weighted by Crippen LogP contribution is 2.26. The number of rotatable bonds is 6. The van der Waals surface area contributed by atoms with Gasteiger partial charge < -0.3 is 9.84 Å². The van der Waals surface area contributed by atoms with Crippen LogP contribution < -0.4 is 10.3 Å². The molecule has 0 unspecified atom stereocenters. The van der Waals surface area contributed by atoms with E-state index in [0.29, 0.717) is 17.7 Å². The van der Waals surface area contributed by atoms with E-state index in [-0.39, 0.29) is 23.2 Å². The molecular weight excluding hydrogens is 320 g/mol. The molecule has 6 heteroatoms. The van der Waals surface area contributed by atoms with Gasteiger partial charge in [-0.2, -0.15) is 5.26 Å². The first kappa shape index (κ1) is 18.3. The van der Waals surface area contributed by atoms with E-state index in [9.17, 15) is 20.0 Å². The van der Waals surface area contributed by atoms with E-state index < -0.39 is 17.2 Å². The molecule has 0 aliphatic carbocycles. The third-order valence-corrected chi connectivity index (χ3v) is 4.11. The number of aromatic nitrogens is 1.